The first-order valence-electron chi connectivity index (χ1n) is 6.34. The Balaban J connectivity index is 2.05. The Morgan fingerprint density at radius 2 is 1.53 bits per heavy atom. The maximum absolute atomic E-state index is 4.78. The average molecular weight is 244 g/mol. The number of fused-ring (bicyclic) bond motifs is 2. The number of hydrogen-bond donors (Lipinski definition) is 0. The van der Waals surface area contributed by atoms with E-state index in [1.807, 2.05) is 30.3 Å². The van der Waals surface area contributed by atoms with E-state index in [1.54, 1.807) is 0 Å². The molecule has 0 saturated heterocycles. The minimum Gasteiger partial charge on any atom is -0.301 e. The molecule has 0 unspecified atom stereocenters. The lowest BCUT2D eigenvalue weighted by molar-refractivity contribution is 1.10. The van der Waals surface area contributed by atoms with Crippen molar-refractivity contribution in [3.8, 4) is 5.69 Å². The predicted octanol–water partition coefficient (Wildman–Crippen LogP) is 4.18. The monoisotopic (exact) mass is 244 g/mol. The number of nitrogens with zero attached hydrogens (tertiary/aromatic N) is 2. The van der Waals surface area contributed by atoms with Crippen LogP contribution in [-0.2, 0) is 0 Å². The summed E-state index contributed by atoms with van der Waals surface area (Å²) in [5.74, 6) is 0. The van der Waals surface area contributed by atoms with Crippen molar-refractivity contribution >= 4 is 21.9 Å². The number of hydrogen-bond acceptors (Lipinski definition) is 1. The van der Waals surface area contributed by atoms with Crippen LogP contribution in [0.2, 0.25) is 0 Å². The zero-order chi connectivity index (χ0) is 12.7. The second kappa shape index (κ2) is 3.95. The van der Waals surface area contributed by atoms with Gasteiger partial charge in [0.2, 0.25) is 0 Å². The molecule has 2 aromatic heterocycles. The number of pyridine rings is 1. The molecule has 0 radical (unpaired) electrons. The van der Waals surface area contributed by atoms with E-state index < -0.39 is 0 Å². The standard InChI is InChI=1S/C17H12N2/c1-2-7-15(8-3-1)19-11-10-14-12-13-6-4-5-9-16(13)18-17(14)19/h1-12H. The van der Waals surface area contributed by atoms with Crippen LogP contribution < -0.4 is 0 Å². The van der Waals surface area contributed by atoms with Crippen LogP contribution in [0.25, 0.3) is 27.6 Å². The zero-order valence-corrected chi connectivity index (χ0v) is 10.3. The fraction of sp³-hybridized carbons (Fsp3) is 0. The lowest BCUT2D eigenvalue weighted by Crippen LogP contribution is -1.93. The van der Waals surface area contributed by atoms with Gasteiger partial charge in [0, 0.05) is 22.7 Å². The van der Waals surface area contributed by atoms with Crippen molar-refractivity contribution in [1.82, 2.24) is 9.55 Å². The third-order valence-corrected chi connectivity index (χ3v) is 3.40. The number of rotatable bonds is 1. The topological polar surface area (TPSA) is 17.8 Å². The van der Waals surface area contributed by atoms with Gasteiger partial charge >= 0.3 is 0 Å². The molecule has 4 aromatic rings. The number of aromatic nitrogens is 2. The van der Waals surface area contributed by atoms with Gasteiger partial charge in [0.25, 0.3) is 0 Å². The fourth-order valence-electron chi connectivity index (χ4n) is 2.46. The Hall–Kier alpha value is -2.61. The molecule has 0 bridgehead atoms. The molecule has 0 spiro atoms. The normalized spacial score (nSPS) is 11.2. The Morgan fingerprint density at radius 1 is 0.737 bits per heavy atom. The molecule has 0 amide bonds. The highest BCUT2D eigenvalue weighted by Crippen LogP contribution is 2.23. The van der Waals surface area contributed by atoms with Crippen molar-refractivity contribution in [1.29, 1.82) is 0 Å². The molecule has 0 saturated carbocycles. The molecule has 2 heteroatoms. The van der Waals surface area contributed by atoms with E-state index in [0.717, 1.165) is 16.9 Å². The Labute approximate surface area is 110 Å². The van der Waals surface area contributed by atoms with E-state index >= 15 is 0 Å². The molecule has 2 nitrogen and oxygen atoms in total. The van der Waals surface area contributed by atoms with Gasteiger partial charge in [-0.25, -0.2) is 4.98 Å². The Kier molecular flexibility index (Phi) is 2.15. The van der Waals surface area contributed by atoms with Crippen molar-refractivity contribution < 1.29 is 0 Å². The van der Waals surface area contributed by atoms with Crippen LogP contribution in [0, 0.1) is 0 Å². The molecule has 0 aliphatic heterocycles. The molecular formula is C17H12N2. The quantitative estimate of drug-likeness (QED) is 0.491. The lowest BCUT2D eigenvalue weighted by atomic mass is 10.2. The average Bonchev–Trinajstić information content (AvgIpc) is 2.88. The van der Waals surface area contributed by atoms with Gasteiger partial charge in [-0.05, 0) is 30.3 Å². The van der Waals surface area contributed by atoms with Gasteiger partial charge in [-0.1, -0.05) is 36.4 Å². The van der Waals surface area contributed by atoms with Crippen molar-refractivity contribution in [3.05, 3.63) is 72.9 Å². The molecule has 0 atom stereocenters. The van der Waals surface area contributed by atoms with Gasteiger partial charge in [-0.15, -0.1) is 0 Å². The molecule has 2 aromatic carbocycles. The van der Waals surface area contributed by atoms with E-state index in [2.05, 4.69) is 47.2 Å². The smallest absolute Gasteiger partial charge is 0.145 e. The van der Waals surface area contributed by atoms with Crippen molar-refractivity contribution in [3.63, 3.8) is 0 Å². The highest BCUT2D eigenvalue weighted by molar-refractivity contribution is 5.92. The molecule has 0 N–H and O–H groups in total. The van der Waals surface area contributed by atoms with Gasteiger partial charge < -0.3 is 4.57 Å². The van der Waals surface area contributed by atoms with Crippen LogP contribution in [-0.4, -0.2) is 9.55 Å². The number of para-hydroxylation sites is 2. The first-order chi connectivity index (χ1) is 9.42. The summed E-state index contributed by atoms with van der Waals surface area (Å²) in [7, 11) is 0. The highest BCUT2D eigenvalue weighted by Gasteiger charge is 2.05. The summed E-state index contributed by atoms with van der Waals surface area (Å²) in [6.45, 7) is 0. The van der Waals surface area contributed by atoms with E-state index in [9.17, 15) is 0 Å². The van der Waals surface area contributed by atoms with Crippen LogP contribution >= 0.6 is 0 Å². The summed E-state index contributed by atoms with van der Waals surface area (Å²) < 4.78 is 2.13. The molecule has 19 heavy (non-hydrogen) atoms. The van der Waals surface area contributed by atoms with Crippen molar-refractivity contribution in [2.45, 2.75) is 0 Å². The van der Waals surface area contributed by atoms with Crippen LogP contribution in [0.15, 0.2) is 72.9 Å². The summed E-state index contributed by atoms with van der Waals surface area (Å²) in [5, 5.41) is 2.35. The third kappa shape index (κ3) is 1.61. The van der Waals surface area contributed by atoms with Crippen LogP contribution in [0.4, 0.5) is 0 Å². The molecule has 0 fully saturated rings. The Morgan fingerprint density at radius 3 is 2.42 bits per heavy atom. The van der Waals surface area contributed by atoms with Gasteiger partial charge in [0.15, 0.2) is 0 Å². The second-order valence-corrected chi connectivity index (χ2v) is 4.62. The van der Waals surface area contributed by atoms with Gasteiger partial charge in [0.05, 0.1) is 5.52 Å². The molecular weight excluding hydrogens is 232 g/mol. The highest BCUT2D eigenvalue weighted by atomic mass is 15.0. The maximum atomic E-state index is 4.78. The maximum Gasteiger partial charge on any atom is 0.145 e. The fourth-order valence-corrected chi connectivity index (χ4v) is 2.46. The van der Waals surface area contributed by atoms with Crippen LogP contribution in [0.3, 0.4) is 0 Å². The summed E-state index contributed by atoms with van der Waals surface area (Å²) in [6, 6.07) is 22.8. The van der Waals surface area contributed by atoms with Crippen molar-refractivity contribution in [2.75, 3.05) is 0 Å². The minimum absolute atomic E-state index is 1.00. The van der Waals surface area contributed by atoms with Gasteiger partial charge in [0.1, 0.15) is 5.65 Å². The van der Waals surface area contributed by atoms with Crippen LogP contribution in [0.1, 0.15) is 0 Å². The summed E-state index contributed by atoms with van der Waals surface area (Å²) in [6.07, 6.45) is 2.08. The van der Waals surface area contributed by atoms with Gasteiger partial charge in [-0.3, -0.25) is 0 Å². The van der Waals surface area contributed by atoms with Gasteiger partial charge in [-0.2, -0.15) is 0 Å². The molecule has 4 rings (SSSR count). The SMILES string of the molecule is c1ccc(-n2ccc3cc4ccccc4nc32)cc1. The van der Waals surface area contributed by atoms with E-state index in [0.29, 0.717) is 0 Å². The molecule has 0 aliphatic rings. The predicted molar refractivity (Wildman–Crippen MR) is 78.6 cm³/mol. The zero-order valence-electron chi connectivity index (χ0n) is 10.3. The molecule has 2 heterocycles. The third-order valence-electron chi connectivity index (χ3n) is 3.40. The van der Waals surface area contributed by atoms with E-state index in [4.69, 9.17) is 4.98 Å². The van der Waals surface area contributed by atoms with Crippen LogP contribution in [0.5, 0.6) is 0 Å². The Bertz CT molecular complexity index is 860. The summed E-state index contributed by atoms with van der Waals surface area (Å²) in [5.41, 5.74) is 3.18. The first-order valence-corrected chi connectivity index (χ1v) is 6.34. The summed E-state index contributed by atoms with van der Waals surface area (Å²) >= 11 is 0. The molecule has 0 aliphatic carbocycles. The minimum atomic E-state index is 1.00. The largest absolute Gasteiger partial charge is 0.301 e. The van der Waals surface area contributed by atoms with E-state index in [-0.39, 0.29) is 0 Å². The van der Waals surface area contributed by atoms with E-state index in [1.165, 1.54) is 10.8 Å². The van der Waals surface area contributed by atoms with Crippen molar-refractivity contribution in [2.24, 2.45) is 0 Å². The number of benzene rings is 2. The summed E-state index contributed by atoms with van der Waals surface area (Å²) in [4.78, 5) is 4.78. The molecule has 90 valence electrons. The lowest BCUT2D eigenvalue weighted by Gasteiger charge is -2.05. The second-order valence-electron chi connectivity index (χ2n) is 4.62. The first kappa shape index (κ1) is 10.3.